The Labute approximate surface area is 132 Å². The largest absolute Gasteiger partial charge is 0.395 e. The number of aliphatic hydroxyl groups excluding tert-OH is 1. The zero-order chi connectivity index (χ0) is 15.4. The standard InChI is InChI=1S/C17H16N2O2S/c20-8-7-18-17(21)15-11-13(10-12-4-2-1-3-5-12)16-14(19-15)6-9-22-16/h1-6,9,11,20H,7-8,10H2,(H,18,21). The summed E-state index contributed by atoms with van der Waals surface area (Å²) in [4.78, 5) is 16.5. The number of aromatic nitrogens is 1. The van der Waals surface area contributed by atoms with Gasteiger partial charge in [0.1, 0.15) is 5.69 Å². The number of nitrogens with zero attached hydrogens (tertiary/aromatic N) is 1. The molecule has 22 heavy (non-hydrogen) atoms. The minimum Gasteiger partial charge on any atom is -0.395 e. The number of hydrogen-bond donors (Lipinski definition) is 2. The molecule has 2 aromatic heterocycles. The number of rotatable bonds is 5. The van der Waals surface area contributed by atoms with Crippen LogP contribution in [0.15, 0.2) is 47.8 Å². The SMILES string of the molecule is O=C(NCCO)c1cc(Cc2ccccc2)c2sccc2n1. The molecule has 0 atom stereocenters. The summed E-state index contributed by atoms with van der Waals surface area (Å²) >= 11 is 1.64. The number of aliphatic hydroxyl groups is 1. The van der Waals surface area contributed by atoms with Crippen LogP contribution in [0.1, 0.15) is 21.6 Å². The smallest absolute Gasteiger partial charge is 0.269 e. The van der Waals surface area contributed by atoms with Crippen molar-refractivity contribution in [1.29, 1.82) is 0 Å². The fourth-order valence-corrected chi connectivity index (χ4v) is 3.20. The van der Waals surface area contributed by atoms with Gasteiger partial charge >= 0.3 is 0 Å². The van der Waals surface area contributed by atoms with E-state index in [-0.39, 0.29) is 19.1 Å². The molecule has 3 aromatic rings. The van der Waals surface area contributed by atoms with E-state index in [4.69, 9.17) is 5.11 Å². The van der Waals surface area contributed by atoms with E-state index in [1.807, 2.05) is 35.7 Å². The van der Waals surface area contributed by atoms with Crippen molar-refractivity contribution < 1.29 is 9.90 Å². The van der Waals surface area contributed by atoms with Crippen LogP contribution in [0.5, 0.6) is 0 Å². The highest BCUT2D eigenvalue weighted by atomic mass is 32.1. The Morgan fingerprint density at radius 3 is 2.82 bits per heavy atom. The Morgan fingerprint density at radius 1 is 1.23 bits per heavy atom. The fraction of sp³-hybridized carbons (Fsp3) is 0.176. The van der Waals surface area contributed by atoms with E-state index in [0.29, 0.717) is 5.69 Å². The lowest BCUT2D eigenvalue weighted by Crippen LogP contribution is -2.27. The fourth-order valence-electron chi connectivity index (χ4n) is 2.35. The molecule has 0 bridgehead atoms. The number of carbonyl (C=O) groups excluding carboxylic acids is 1. The van der Waals surface area contributed by atoms with E-state index in [0.717, 1.165) is 22.2 Å². The molecule has 0 spiro atoms. The number of nitrogens with one attached hydrogen (secondary N) is 1. The summed E-state index contributed by atoms with van der Waals surface area (Å²) in [5.41, 5.74) is 3.53. The first-order valence-electron chi connectivity index (χ1n) is 7.08. The molecule has 0 aliphatic heterocycles. The molecule has 0 radical (unpaired) electrons. The van der Waals surface area contributed by atoms with E-state index in [1.165, 1.54) is 5.56 Å². The first kappa shape index (κ1) is 14.7. The highest BCUT2D eigenvalue weighted by molar-refractivity contribution is 7.17. The van der Waals surface area contributed by atoms with Gasteiger partial charge in [-0.25, -0.2) is 4.98 Å². The molecular weight excluding hydrogens is 296 g/mol. The summed E-state index contributed by atoms with van der Waals surface area (Å²) in [6, 6.07) is 13.9. The van der Waals surface area contributed by atoms with Crippen molar-refractivity contribution in [3.63, 3.8) is 0 Å². The van der Waals surface area contributed by atoms with Crippen LogP contribution in [0.25, 0.3) is 10.2 Å². The number of hydrogen-bond acceptors (Lipinski definition) is 4. The highest BCUT2D eigenvalue weighted by Crippen LogP contribution is 2.26. The Balaban J connectivity index is 1.97. The minimum absolute atomic E-state index is 0.0801. The van der Waals surface area contributed by atoms with Crippen LogP contribution in [0.2, 0.25) is 0 Å². The van der Waals surface area contributed by atoms with Crippen LogP contribution in [0.4, 0.5) is 0 Å². The summed E-state index contributed by atoms with van der Waals surface area (Å²) < 4.78 is 1.11. The van der Waals surface area contributed by atoms with Gasteiger partial charge in [0.15, 0.2) is 0 Å². The molecule has 0 unspecified atom stereocenters. The van der Waals surface area contributed by atoms with Gasteiger partial charge in [-0.15, -0.1) is 11.3 Å². The van der Waals surface area contributed by atoms with E-state index >= 15 is 0 Å². The van der Waals surface area contributed by atoms with E-state index in [9.17, 15) is 4.79 Å². The second kappa shape index (κ2) is 6.68. The third kappa shape index (κ3) is 3.16. The Bertz CT molecular complexity index is 784. The topological polar surface area (TPSA) is 62.2 Å². The normalized spacial score (nSPS) is 10.8. The first-order chi connectivity index (χ1) is 10.8. The number of pyridine rings is 1. The lowest BCUT2D eigenvalue weighted by atomic mass is 10.0. The zero-order valence-corrected chi connectivity index (χ0v) is 12.8. The van der Waals surface area contributed by atoms with Gasteiger partial charge in [0, 0.05) is 6.54 Å². The number of fused-ring (bicyclic) bond motifs is 1. The number of carbonyl (C=O) groups is 1. The van der Waals surface area contributed by atoms with Gasteiger partial charge in [0.05, 0.1) is 16.8 Å². The number of thiophene rings is 1. The highest BCUT2D eigenvalue weighted by Gasteiger charge is 2.13. The van der Waals surface area contributed by atoms with Gasteiger partial charge in [-0.2, -0.15) is 0 Å². The van der Waals surface area contributed by atoms with E-state index < -0.39 is 0 Å². The van der Waals surface area contributed by atoms with Gasteiger partial charge in [0.2, 0.25) is 0 Å². The van der Waals surface area contributed by atoms with E-state index in [1.54, 1.807) is 11.3 Å². The van der Waals surface area contributed by atoms with Crippen molar-refractivity contribution in [3.05, 3.63) is 64.7 Å². The quantitative estimate of drug-likeness (QED) is 0.761. The number of amides is 1. The Kier molecular flexibility index (Phi) is 4.46. The molecule has 4 nitrogen and oxygen atoms in total. The third-order valence-corrected chi connectivity index (χ3v) is 4.33. The van der Waals surface area contributed by atoms with Crippen LogP contribution in [0.3, 0.4) is 0 Å². The second-order valence-electron chi connectivity index (χ2n) is 4.94. The number of benzene rings is 1. The summed E-state index contributed by atoms with van der Waals surface area (Å²) in [5.74, 6) is -0.253. The lowest BCUT2D eigenvalue weighted by Gasteiger charge is -2.08. The molecule has 5 heteroatoms. The molecule has 112 valence electrons. The Morgan fingerprint density at radius 2 is 2.05 bits per heavy atom. The Hall–Kier alpha value is -2.24. The van der Waals surface area contributed by atoms with Crippen molar-refractivity contribution in [2.75, 3.05) is 13.2 Å². The lowest BCUT2D eigenvalue weighted by molar-refractivity contribution is 0.0940. The predicted molar refractivity (Wildman–Crippen MR) is 88.3 cm³/mol. The average molecular weight is 312 g/mol. The molecule has 0 fully saturated rings. The van der Waals surface area contributed by atoms with Crippen molar-refractivity contribution in [2.45, 2.75) is 6.42 Å². The van der Waals surface area contributed by atoms with Gasteiger partial charge in [0.25, 0.3) is 5.91 Å². The summed E-state index contributed by atoms with van der Waals surface area (Å²) in [6.45, 7) is 0.152. The molecule has 1 aromatic carbocycles. The van der Waals surface area contributed by atoms with Crippen LogP contribution in [-0.4, -0.2) is 29.1 Å². The molecule has 0 aliphatic carbocycles. The molecular formula is C17H16N2O2S. The second-order valence-corrected chi connectivity index (χ2v) is 5.86. The van der Waals surface area contributed by atoms with Crippen molar-refractivity contribution in [1.82, 2.24) is 10.3 Å². The van der Waals surface area contributed by atoms with Gasteiger partial charge in [-0.3, -0.25) is 4.79 Å². The maximum absolute atomic E-state index is 12.1. The molecule has 0 saturated carbocycles. The van der Waals surface area contributed by atoms with Gasteiger partial charge in [-0.1, -0.05) is 30.3 Å². The molecule has 0 aliphatic rings. The first-order valence-corrected chi connectivity index (χ1v) is 7.96. The van der Waals surface area contributed by atoms with E-state index in [2.05, 4.69) is 22.4 Å². The van der Waals surface area contributed by atoms with Crippen molar-refractivity contribution in [3.8, 4) is 0 Å². The van der Waals surface area contributed by atoms with Crippen molar-refractivity contribution in [2.24, 2.45) is 0 Å². The monoisotopic (exact) mass is 312 g/mol. The molecule has 3 rings (SSSR count). The zero-order valence-electron chi connectivity index (χ0n) is 12.0. The van der Waals surface area contributed by atoms with Crippen molar-refractivity contribution >= 4 is 27.5 Å². The maximum Gasteiger partial charge on any atom is 0.269 e. The van der Waals surface area contributed by atoms with Crippen LogP contribution in [-0.2, 0) is 6.42 Å². The van der Waals surface area contributed by atoms with Crippen LogP contribution < -0.4 is 5.32 Å². The van der Waals surface area contributed by atoms with Crippen LogP contribution in [0, 0.1) is 0 Å². The summed E-state index contributed by atoms with van der Waals surface area (Å²) in [7, 11) is 0. The minimum atomic E-state index is -0.253. The third-order valence-electron chi connectivity index (χ3n) is 3.36. The predicted octanol–water partition coefficient (Wildman–Crippen LogP) is 2.61. The molecule has 0 saturated heterocycles. The summed E-state index contributed by atoms with van der Waals surface area (Å²) in [5, 5.41) is 13.5. The van der Waals surface area contributed by atoms with Gasteiger partial charge < -0.3 is 10.4 Å². The average Bonchev–Trinajstić information content (AvgIpc) is 3.02. The summed E-state index contributed by atoms with van der Waals surface area (Å²) in [6.07, 6.45) is 0.765. The molecule has 2 heterocycles. The molecule has 1 amide bonds. The maximum atomic E-state index is 12.1. The van der Waals surface area contributed by atoms with Gasteiger partial charge in [-0.05, 0) is 35.1 Å². The molecule has 2 N–H and O–H groups in total. The van der Waals surface area contributed by atoms with Crippen LogP contribution >= 0.6 is 11.3 Å².